The maximum Gasteiger partial charge on any atom is 0.435 e. The summed E-state index contributed by atoms with van der Waals surface area (Å²) in [4.78, 5) is 15.7. The molecule has 0 N–H and O–H groups in total. The van der Waals surface area contributed by atoms with E-state index in [1.165, 1.54) is 19.2 Å². The number of aromatic nitrogens is 5. The Bertz CT molecular complexity index is 980. The Kier molecular flexibility index (Phi) is 4.76. The van der Waals surface area contributed by atoms with Crippen LogP contribution in [0.15, 0.2) is 30.5 Å². The van der Waals surface area contributed by atoms with Crippen LogP contribution in [0, 0.1) is 6.92 Å². The van der Waals surface area contributed by atoms with E-state index in [1.54, 1.807) is 12.1 Å². The van der Waals surface area contributed by atoms with Gasteiger partial charge >= 0.3 is 6.18 Å². The molecule has 0 aromatic carbocycles. The van der Waals surface area contributed by atoms with Crippen LogP contribution in [0.3, 0.4) is 0 Å². The van der Waals surface area contributed by atoms with Crippen molar-refractivity contribution in [3.05, 3.63) is 58.3 Å². The molecular weight excluding hydrogens is 394 g/mol. The minimum Gasteiger partial charge on any atom is -0.274 e. The molecule has 0 saturated carbocycles. The lowest BCUT2D eigenvalue weighted by Crippen LogP contribution is -2.10. The van der Waals surface area contributed by atoms with Gasteiger partial charge in [-0.3, -0.25) is 9.48 Å². The van der Waals surface area contributed by atoms with Gasteiger partial charge in [0.1, 0.15) is 5.69 Å². The van der Waals surface area contributed by atoms with Gasteiger partial charge in [0.25, 0.3) is 5.24 Å². The van der Waals surface area contributed by atoms with Crippen LogP contribution in [0.1, 0.15) is 27.6 Å². The first-order valence-electron chi connectivity index (χ1n) is 7.18. The van der Waals surface area contributed by atoms with E-state index in [-0.39, 0.29) is 28.8 Å². The van der Waals surface area contributed by atoms with E-state index in [2.05, 4.69) is 15.2 Å². The van der Waals surface area contributed by atoms with E-state index < -0.39 is 17.1 Å². The molecular formula is C15H10Cl2F3N5O. The third-order valence-electron chi connectivity index (χ3n) is 3.48. The predicted molar refractivity (Wildman–Crippen MR) is 87.6 cm³/mol. The van der Waals surface area contributed by atoms with Crippen molar-refractivity contribution in [3.63, 3.8) is 0 Å². The number of pyridine rings is 1. The molecule has 26 heavy (non-hydrogen) atoms. The van der Waals surface area contributed by atoms with E-state index in [0.29, 0.717) is 5.69 Å². The van der Waals surface area contributed by atoms with Gasteiger partial charge in [0, 0.05) is 11.9 Å². The van der Waals surface area contributed by atoms with Gasteiger partial charge in [0.15, 0.2) is 11.5 Å². The first-order valence-corrected chi connectivity index (χ1v) is 7.93. The summed E-state index contributed by atoms with van der Waals surface area (Å²) in [5.41, 5.74) is -0.448. The molecule has 0 aliphatic carbocycles. The summed E-state index contributed by atoms with van der Waals surface area (Å²) >= 11 is 11.6. The van der Waals surface area contributed by atoms with Crippen molar-refractivity contribution in [1.29, 1.82) is 0 Å². The topological polar surface area (TPSA) is 65.6 Å². The lowest BCUT2D eigenvalue weighted by Gasteiger charge is -2.05. The van der Waals surface area contributed by atoms with Gasteiger partial charge in [-0.15, -0.1) is 0 Å². The first-order chi connectivity index (χ1) is 12.2. The molecule has 3 rings (SSSR count). The molecule has 3 heterocycles. The van der Waals surface area contributed by atoms with Crippen LogP contribution in [0.4, 0.5) is 13.2 Å². The molecule has 3 aromatic rings. The van der Waals surface area contributed by atoms with Crippen molar-refractivity contribution in [2.75, 3.05) is 0 Å². The zero-order valence-corrected chi connectivity index (χ0v) is 14.6. The summed E-state index contributed by atoms with van der Waals surface area (Å²) in [6.07, 6.45) is -3.09. The Morgan fingerprint density at radius 3 is 2.58 bits per heavy atom. The monoisotopic (exact) mass is 403 g/mol. The summed E-state index contributed by atoms with van der Waals surface area (Å²) < 4.78 is 40.6. The number of halogens is 5. The fourth-order valence-electron chi connectivity index (χ4n) is 2.30. The minimum atomic E-state index is -4.55. The summed E-state index contributed by atoms with van der Waals surface area (Å²) in [7, 11) is 0. The van der Waals surface area contributed by atoms with Crippen LogP contribution in [-0.2, 0) is 12.7 Å². The smallest absolute Gasteiger partial charge is 0.274 e. The van der Waals surface area contributed by atoms with Crippen molar-refractivity contribution in [2.45, 2.75) is 19.6 Å². The number of carbonyl (C=O) groups is 1. The van der Waals surface area contributed by atoms with E-state index in [4.69, 9.17) is 23.2 Å². The van der Waals surface area contributed by atoms with Crippen molar-refractivity contribution in [1.82, 2.24) is 24.5 Å². The Balaban J connectivity index is 2.01. The number of rotatable bonds is 4. The Morgan fingerprint density at radius 1 is 1.27 bits per heavy atom. The Morgan fingerprint density at radius 2 is 2.00 bits per heavy atom. The van der Waals surface area contributed by atoms with E-state index in [1.807, 2.05) is 0 Å². The molecule has 0 saturated heterocycles. The van der Waals surface area contributed by atoms with Gasteiger partial charge < -0.3 is 0 Å². The number of alkyl halides is 3. The lowest BCUT2D eigenvalue weighted by atomic mass is 10.3. The van der Waals surface area contributed by atoms with Crippen LogP contribution in [0.25, 0.3) is 5.82 Å². The minimum absolute atomic E-state index is 0.0110. The highest BCUT2D eigenvalue weighted by molar-refractivity contribution is 6.67. The van der Waals surface area contributed by atoms with Crippen LogP contribution in [-0.4, -0.2) is 29.8 Å². The fourth-order valence-corrected chi connectivity index (χ4v) is 2.64. The molecule has 0 bridgehead atoms. The summed E-state index contributed by atoms with van der Waals surface area (Å²) in [6, 6.07) is 5.44. The fraction of sp³-hybridized carbons (Fsp3) is 0.200. The van der Waals surface area contributed by atoms with Crippen LogP contribution >= 0.6 is 23.2 Å². The molecule has 6 nitrogen and oxygen atoms in total. The molecule has 0 amide bonds. The lowest BCUT2D eigenvalue weighted by molar-refractivity contribution is -0.141. The number of hydrogen-bond acceptors (Lipinski definition) is 4. The Hall–Kier alpha value is -2.39. The first kappa shape index (κ1) is 18.4. The predicted octanol–water partition coefficient (Wildman–Crippen LogP) is 3.87. The van der Waals surface area contributed by atoms with Crippen molar-refractivity contribution >= 4 is 28.4 Å². The molecule has 0 radical (unpaired) electrons. The molecule has 0 aliphatic heterocycles. The average Bonchev–Trinajstić information content (AvgIpc) is 3.12. The second-order valence-electron chi connectivity index (χ2n) is 5.34. The highest BCUT2D eigenvalue weighted by atomic mass is 35.5. The Labute approximate surface area is 155 Å². The second kappa shape index (κ2) is 6.73. The molecule has 11 heteroatoms. The van der Waals surface area contributed by atoms with Crippen LogP contribution in [0.2, 0.25) is 5.02 Å². The van der Waals surface area contributed by atoms with Gasteiger partial charge in [0.05, 0.1) is 17.3 Å². The summed E-state index contributed by atoms with van der Waals surface area (Å²) in [5, 5.41) is 7.15. The normalized spacial score (nSPS) is 11.8. The maximum absolute atomic E-state index is 12.8. The number of aryl methyl sites for hydroxylation is 1. The maximum atomic E-state index is 12.8. The zero-order chi connectivity index (χ0) is 19.1. The number of carbonyl (C=O) groups excluding carboxylic acids is 1. The van der Waals surface area contributed by atoms with Gasteiger partial charge in [-0.1, -0.05) is 11.6 Å². The molecule has 0 aliphatic rings. The van der Waals surface area contributed by atoms with E-state index >= 15 is 0 Å². The largest absolute Gasteiger partial charge is 0.435 e. The summed E-state index contributed by atoms with van der Waals surface area (Å²) in [6.45, 7) is 1.40. The summed E-state index contributed by atoms with van der Waals surface area (Å²) in [5.74, 6) is 0.178. The van der Waals surface area contributed by atoms with E-state index in [9.17, 15) is 18.0 Å². The molecule has 0 fully saturated rings. The third-order valence-corrected chi connectivity index (χ3v) is 3.97. The van der Waals surface area contributed by atoms with Crippen molar-refractivity contribution in [2.24, 2.45) is 0 Å². The molecule has 0 spiro atoms. The van der Waals surface area contributed by atoms with Crippen molar-refractivity contribution in [3.8, 4) is 5.82 Å². The third kappa shape index (κ3) is 3.58. The van der Waals surface area contributed by atoms with Gasteiger partial charge in [-0.2, -0.15) is 23.4 Å². The van der Waals surface area contributed by atoms with Crippen molar-refractivity contribution < 1.29 is 18.0 Å². The number of hydrogen-bond donors (Lipinski definition) is 0. The second-order valence-corrected chi connectivity index (χ2v) is 6.09. The number of nitrogens with zero attached hydrogens (tertiary/aromatic N) is 5. The SMILES string of the molecule is Cc1cc(C(F)(F)F)nn1Cc1cc(C(=O)Cl)n(-c2ncccc2Cl)n1. The molecule has 3 aromatic heterocycles. The molecule has 136 valence electrons. The van der Waals surface area contributed by atoms with Crippen LogP contribution in [0.5, 0.6) is 0 Å². The van der Waals surface area contributed by atoms with Crippen LogP contribution < -0.4 is 0 Å². The quantitative estimate of drug-likeness (QED) is 0.620. The van der Waals surface area contributed by atoms with Gasteiger partial charge in [-0.05, 0) is 42.8 Å². The molecule has 0 atom stereocenters. The molecule has 0 unspecified atom stereocenters. The standard InChI is InChI=1S/C15H10Cl2F3N5O/c1-8-5-12(15(18,19)20)23-24(8)7-9-6-11(13(17)26)25(22-9)14-10(16)3-2-4-21-14/h2-6H,7H2,1H3. The highest BCUT2D eigenvalue weighted by Gasteiger charge is 2.34. The highest BCUT2D eigenvalue weighted by Crippen LogP contribution is 2.28. The average molecular weight is 404 g/mol. The van der Waals surface area contributed by atoms with Gasteiger partial charge in [0.2, 0.25) is 0 Å². The van der Waals surface area contributed by atoms with Gasteiger partial charge in [-0.25, -0.2) is 9.67 Å². The van der Waals surface area contributed by atoms with E-state index in [0.717, 1.165) is 15.4 Å². The zero-order valence-electron chi connectivity index (χ0n) is 13.1.